The fourth-order valence-electron chi connectivity index (χ4n) is 3.64. The first-order valence-electron chi connectivity index (χ1n) is 11.4. The Balaban J connectivity index is 1.42. The van der Waals surface area contributed by atoms with Crippen molar-refractivity contribution in [1.82, 2.24) is 34.5 Å². The molecule has 2 amide bonds. The van der Waals surface area contributed by atoms with E-state index in [1.165, 1.54) is 0 Å². The van der Waals surface area contributed by atoms with Crippen LogP contribution in [0, 0.1) is 0 Å². The lowest BCUT2D eigenvalue weighted by Crippen LogP contribution is -2.40. The van der Waals surface area contributed by atoms with E-state index in [-0.39, 0.29) is 6.03 Å². The van der Waals surface area contributed by atoms with E-state index in [4.69, 9.17) is 4.74 Å². The van der Waals surface area contributed by atoms with E-state index in [0.29, 0.717) is 32.1 Å². The van der Waals surface area contributed by atoms with Crippen LogP contribution in [0.15, 0.2) is 79.8 Å². The van der Waals surface area contributed by atoms with Gasteiger partial charge in [0.2, 0.25) is 0 Å². The SMILES string of the molecule is CCOc1ccc(CN(CCCn2ccnc2)C(=O)NCc2cccnc2-n2cccn2)cc1. The van der Waals surface area contributed by atoms with E-state index >= 15 is 0 Å². The van der Waals surface area contributed by atoms with Gasteiger partial charge in [-0.3, -0.25) is 0 Å². The predicted octanol–water partition coefficient (Wildman–Crippen LogP) is 3.66. The number of nitrogens with zero attached hydrogens (tertiary/aromatic N) is 6. The van der Waals surface area contributed by atoms with Gasteiger partial charge in [-0.2, -0.15) is 5.10 Å². The molecule has 0 fully saturated rings. The number of carbonyl (C=O) groups excluding carboxylic acids is 1. The van der Waals surface area contributed by atoms with Crippen molar-refractivity contribution in [1.29, 1.82) is 0 Å². The highest BCUT2D eigenvalue weighted by molar-refractivity contribution is 5.74. The van der Waals surface area contributed by atoms with Crippen molar-refractivity contribution in [2.45, 2.75) is 33.0 Å². The fourth-order valence-corrected chi connectivity index (χ4v) is 3.64. The lowest BCUT2D eigenvalue weighted by molar-refractivity contribution is 0.193. The number of aryl methyl sites for hydroxylation is 1. The molecule has 9 heteroatoms. The van der Waals surface area contributed by atoms with E-state index in [1.54, 1.807) is 29.6 Å². The third-order valence-electron chi connectivity index (χ3n) is 5.32. The normalized spacial score (nSPS) is 10.7. The maximum absolute atomic E-state index is 13.2. The van der Waals surface area contributed by atoms with E-state index in [1.807, 2.05) is 71.2 Å². The highest BCUT2D eigenvalue weighted by Gasteiger charge is 2.15. The van der Waals surface area contributed by atoms with Gasteiger partial charge < -0.3 is 19.5 Å². The average Bonchev–Trinajstić information content (AvgIpc) is 3.58. The molecule has 3 aromatic heterocycles. The van der Waals surface area contributed by atoms with Gasteiger partial charge in [-0.15, -0.1) is 0 Å². The number of carbonyl (C=O) groups is 1. The summed E-state index contributed by atoms with van der Waals surface area (Å²) in [5, 5.41) is 7.32. The summed E-state index contributed by atoms with van der Waals surface area (Å²) in [4.78, 5) is 23.6. The summed E-state index contributed by atoms with van der Waals surface area (Å²) in [5.41, 5.74) is 1.93. The van der Waals surface area contributed by atoms with Gasteiger partial charge in [0.15, 0.2) is 5.82 Å². The minimum absolute atomic E-state index is 0.130. The molecule has 0 unspecified atom stereocenters. The van der Waals surface area contributed by atoms with Crippen LogP contribution in [0.1, 0.15) is 24.5 Å². The molecule has 0 spiro atoms. The second-order valence-corrected chi connectivity index (χ2v) is 7.75. The Morgan fingerprint density at radius 3 is 2.71 bits per heavy atom. The standard InChI is InChI=1S/C25H29N7O2/c1-2-34-23-9-7-21(8-10-23)19-31(15-5-14-30-17-13-26-20-30)25(33)28-18-22-6-3-11-27-24(22)32-16-4-12-29-32/h3-4,6-13,16-17,20H,2,5,14-15,18-19H2,1H3,(H,28,33). The van der Waals surface area contributed by atoms with Crippen molar-refractivity contribution in [3.63, 3.8) is 0 Å². The number of rotatable bonds is 11. The van der Waals surface area contributed by atoms with Gasteiger partial charge in [-0.05, 0) is 43.2 Å². The molecule has 0 bridgehead atoms. The molecule has 176 valence electrons. The second-order valence-electron chi connectivity index (χ2n) is 7.75. The Bertz CT molecular complexity index is 1140. The fraction of sp³-hybridized carbons (Fsp3) is 0.280. The number of imidazole rings is 1. The van der Waals surface area contributed by atoms with Crippen LogP contribution in [0.2, 0.25) is 0 Å². The van der Waals surface area contributed by atoms with Gasteiger partial charge in [0, 0.05) is 62.7 Å². The summed E-state index contributed by atoms with van der Waals surface area (Å²) < 4.78 is 9.25. The summed E-state index contributed by atoms with van der Waals surface area (Å²) in [6, 6.07) is 13.4. The molecule has 4 aromatic rings. The van der Waals surface area contributed by atoms with Crippen LogP contribution in [0.3, 0.4) is 0 Å². The monoisotopic (exact) mass is 459 g/mol. The number of amides is 2. The first kappa shape index (κ1) is 23.0. The molecule has 34 heavy (non-hydrogen) atoms. The first-order valence-corrected chi connectivity index (χ1v) is 11.4. The van der Waals surface area contributed by atoms with Crippen LogP contribution in [0.25, 0.3) is 5.82 Å². The van der Waals surface area contributed by atoms with Crippen LogP contribution in [0.5, 0.6) is 5.75 Å². The largest absolute Gasteiger partial charge is 0.494 e. The van der Waals surface area contributed by atoms with Gasteiger partial charge in [-0.1, -0.05) is 18.2 Å². The van der Waals surface area contributed by atoms with E-state index in [9.17, 15) is 4.79 Å². The smallest absolute Gasteiger partial charge is 0.317 e. The molecule has 9 nitrogen and oxygen atoms in total. The zero-order valence-corrected chi connectivity index (χ0v) is 19.2. The van der Waals surface area contributed by atoms with Crippen molar-refractivity contribution in [2.24, 2.45) is 0 Å². The molecule has 0 saturated carbocycles. The average molecular weight is 460 g/mol. The lowest BCUT2D eigenvalue weighted by atomic mass is 10.2. The van der Waals surface area contributed by atoms with Crippen molar-refractivity contribution in [3.8, 4) is 11.6 Å². The van der Waals surface area contributed by atoms with Gasteiger partial charge in [-0.25, -0.2) is 19.4 Å². The summed E-state index contributed by atoms with van der Waals surface area (Å²) in [5.74, 6) is 1.52. The first-order chi connectivity index (χ1) is 16.7. The minimum atomic E-state index is -0.130. The number of nitrogens with one attached hydrogen (secondary N) is 1. The molecule has 0 aliphatic heterocycles. The lowest BCUT2D eigenvalue weighted by Gasteiger charge is -2.24. The molecule has 0 radical (unpaired) electrons. The highest BCUT2D eigenvalue weighted by Crippen LogP contribution is 2.15. The maximum Gasteiger partial charge on any atom is 0.317 e. The zero-order chi connectivity index (χ0) is 23.6. The Labute approximate surface area is 199 Å². The van der Waals surface area contributed by atoms with Gasteiger partial charge >= 0.3 is 6.03 Å². The number of benzene rings is 1. The third kappa shape index (κ3) is 6.22. The molecule has 1 aromatic carbocycles. The number of hydrogen-bond donors (Lipinski definition) is 1. The number of urea groups is 1. The van der Waals surface area contributed by atoms with Crippen LogP contribution in [-0.4, -0.2) is 48.4 Å². The topological polar surface area (TPSA) is 90.1 Å². The number of hydrogen-bond acceptors (Lipinski definition) is 5. The molecule has 0 saturated heterocycles. The van der Waals surface area contributed by atoms with Gasteiger partial charge in [0.05, 0.1) is 12.9 Å². The molecular formula is C25H29N7O2. The number of ether oxygens (including phenoxy) is 1. The highest BCUT2D eigenvalue weighted by atomic mass is 16.5. The Morgan fingerprint density at radius 1 is 1.09 bits per heavy atom. The minimum Gasteiger partial charge on any atom is -0.494 e. The van der Waals surface area contributed by atoms with E-state index in [2.05, 4.69) is 20.4 Å². The third-order valence-corrected chi connectivity index (χ3v) is 5.32. The zero-order valence-electron chi connectivity index (χ0n) is 19.2. The van der Waals surface area contributed by atoms with Crippen LogP contribution >= 0.6 is 0 Å². The molecule has 1 N–H and O–H groups in total. The van der Waals surface area contributed by atoms with Crippen molar-refractivity contribution < 1.29 is 9.53 Å². The summed E-state index contributed by atoms with van der Waals surface area (Å²) >= 11 is 0. The van der Waals surface area contributed by atoms with E-state index < -0.39 is 0 Å². The Morgan fingerprint density at radius 2 is 1.97 bits per heavy atom. The summed E-state index contributed by atoms with van der Waals surface area (Å²) in [6.45, 7) is 4.83. The molecule has 0 aliphatic rings. The number of aromatic nitrogens is 5. The van der Waals surface area contributed by atoms with Crippen molar-refractivity contribution in [2.75, 3.05) is 13.2 Å². The van der Waals surface area contributed by atoms with E-state index in [0.717, 1.165) is 29.8 Å². The maximum atomic E-state index is 13.2. The molecule has 3 heterocycles. The second kappa shape index (κ2) is 11.6. The molecule has 0 atom stereocenters. The summed E-state index contributed by atoms with van der Waals surface area (Å²) in [7, 11) is 0. The quantitative estimate of drug-likeness (QED) is 0.370. The molecule has 0 aliphatic carbocycles. The van der Waals surface area contributed by atoms with Crippen LogP contribution < -0.4 is 10.1 Å². The van der Waals surface area contributed by atoms with Crippen molar-refractivity contribution in [3.05, 3.63) is 90.9 Å². The van der Waals surface area contributed by atoms with Crippen LogP contribution in [0.4, 0.5) is 4.79 Å². The summed E-state index contributed by atoms with van der Waals surface area (Å²) in [6.07, 6.45) is 11.5. The van der Waals surface area contributed by atoms with Crippen molar-refractivity contribution >= 4 is 6.03 Å². The van der Waals surface area contributed by atoms with Crippen LogP contribution in [-0.2, 0) is 19.6 Å². The predicted molar refractivity (Wildman–Crippen MR) is 128 cm³/mol. The molecule has 4 rings (SSSR count). The Hall–Kier alpha value is -4.14. The van der Waals surface area contributed by atoms with Gasteiger partial charge in [0.1, 0.15) is 5.75 Å². The number of pyridine rings is 1. The molecular weight excluding hydrogens is 430 g/mol. The Kier molecular flexibility index (Phi) is 7.89. The van der Waals surface area contributed by atoms with Gasteiger partial charge in [0.25, 0.3) is 0 Å².